The monoisotopic (exact) mass is 370 g/mol. The average molecular weight is 370 g/mol. The van der Waals surface area contributed by atoms with E-state index < -0.39 is 11.3 Å². The second-order valence-corrected chi connectivity index (χ2v) is 8.18. The van der Waals surface area contributed by atoms with Crippen molar-refractivity contribution < 1.29 is 14.0 Å². The van der Waals surface area contributed by atoms with Crippen LogP contribution >= 0.6 is 0 Å². The zero-order valence-electron chi connectivity index (χ0n) is 16.5. The van der Waals surface area contributed by atoms with Crippen LogP contribution in [0, 0.1) is 11.2 Å². The van der Waals surface area contributed by atoms with Crippen molar-refractivity contribution in [3.05, 3.63) is 65.5 Å². The van der Waals surface area contributed by atoms with E-state index in [2.05, 4.69) is 31.4 Å². The van der Waals surface area contributed by atoms with Crippen LogP contribution in [0.2, 0.25) is 0 Å². The largest absolute Gasteiger partial charge is 0.351 e. The molecule has 0 fully saturated rings. The van der Waals surface area contributed by atoms with Crippen molar-refractivity contribution in [1.29, 1.82) is 0 Å². The molecule has 5 heteroatoms. The van der Waals surface area contributed by atoms with Crippen molar-refractivity contribution in [2.75, 3.05) is 5.32 Å². The zero-order valence-corrected chi connectivity index (χ0v) is 16.5. The highest BCUT2D eigenvalue weighted by Crippen LogP contribution is 2.30. The summed E-state index contributed by atoms with van der Waals surface area (Å²) in [5.74, 6) is -1.10. The molecule has 0 radical (unpaired) electrons. The van der Waals surface area contributed by atoms with Gasteiger partial charge in [0.2, 0.25) is 11.8 Å². The third-order valence-electron chi connectivity index (χ3n) is 4.48. The first-order chi connectivity index (χ1) is 12.5. The first kappa shape index (κ1) is 20.6. The maximum absolute atomic E-state index is 13.0. The van der Waals surface area contributed by atoms with E-state index in [9.17, 15) is 14.0 Å². The predicted molar refractivity (Wildman–Crippen MR) is 106 cm³/mol. The lowest BCUT2D eigenvalue weighted by molar-refractivity contribution is -0.138. The maximum Gasteiger partial charge on any atom is 0.239 e. The van der Waals surface area contributed by atoms with E-state index in [1.165, 1.54) is 12.1 Å². The van der Waals surface area contributed by atoms with Crippen LogP contribution in [0.1, 0.15) is 45.7 Å². The standard InChI is InChI=1S/C22H27FN2O2/c1-21(2,3)17-8-6-7-9-18(17)25-20(27)22(4,5)19(26)24-14-15-10-12-16(23)13-11-15/h6-13H,14H2,1-5H3,(H,24,26)(H,25,27). The first-order valence-electron chi connectivity index (χ1n) is 8.95. The Labute approximate surface area is 160 Å². The van der Waals surface area contributed by atoms with Gasteiger partial charge in [0.1, 0.15) is 11.2 Å². The van der Waals surface area contributed by atoms with E-state index in [4.69, 9.17) is 0 Å². The Morgan fingerprint density at radius 2 is 1.48 bits per heavy atom. The van der Waals surface area contributed by atoms with Gasteiger partial charge in [0.15, 0.2) is 0 Å². The van der Waals surface area contributed by atoms with Gasteiger partial charge in [-0.25, -0.2) is 4.39 Å². The van der Waals surface area contributed by atoms with Gasteiger partial charge in [-0.15, -0.1) is 0 Å². The van der Waals surface area contributed by atoms with Crippen LogP contribution in [-0.4, -0.2) is 11.8 Å². The molecule has 0 aliphatic rings. The van der Waals surface area contributed by atoms with E-state index in [0.29, 0.717) is 5.69 Å². The lowest BCUT2D eigenvalue weighted by Gasteiger charge is -2.26. The van der Waals surface area contributed by atoms with Crippen LogP contribution in [0.3, 0.4) is 0 Å². The minimum absolute atomic E-state index is 0.140. The minimum atomic E-state index is -1.26. The van der Waals surface area contributed by atoms with Gasteiger partial charge in [0.05, 0.1) is 0 Å². The van der Waals surface area contributed by atoms with Crippen LogP contribution in [0.4, 0.5) is 10.1 Å². The summed E-state index contributed by atoms with van der Waals surface area (Å²) in [5.41, 5.74) is 1.07. The number of hydrogen-bond donors (Lipinski definition) is 2. The molecule has 0 spiro atoms. The quantitative estimate of drug-likeness (QED) is 0.766. The molecule has 0 atom stereocenters. The number of halogens is 1. The number of carbonyl (C=O) groups excluding carboxylic acids is 2. The molecule has 0 aromatic heterocycles. The van der Waals surface area contributed by atoms with E-state index in [-0.39, 0.29) is 23.7 Å². The van der Waals surface area contributed by atoms with Gasteiger partial charge in [-0.3, -0.25) is 9.59 Å². The summed E-state index contributed by atoms with van der Waals surface area (Å²) in [6, 6.07) is 13.5. The summed E-state index contributed by atoms with van der Waals surface area (Å²) >= 11 is 0. The fourth-order valence-electron chi connectivity index (χ4n) is 2.63. The van der Waals surface area contributed by atoms with E-state index >= 15 is 0 Å². The van der Waals surface area contributed by atoms with Crippen molar-refractivity contribution in [3.8, 4) is 0 Å². The summed E-state index contributed by atoms with van der Waals surface area (Å²) < 4.78 is 13.0. The third kappa shape index (κ3) is 5.16. The van der Waals surface area contributed by atoms with E-state index in [1.54, 1.807) is 26.0 Å². The second kappa shape index (κ2) is 7.91. The molecule has 2 aromatic rings. The van der Waals surface area contributed by atoms with Crippen LogP contribution < -0.4 is 10.6 Å². The summed E-state index contributed by atoms with van der Waals surface area (Å²) in [5, 5.41) is 5.64. The summed E-state index contributed by atoms with van der Waals surface area (Å²) in [7, 11) is 0. The molecule has 2 rings (SSSR count). The van der Waals surface area contributed by atoms with Crippen LogP contribution in [0.5, 0.6) is 0 Å². The highest BCUT2D eigenvalue weighted by molar-refractivity contribution is 6.10. The maximum atomic E-state index is 13.0. The highest BCUT2D eigenvalue weighted by atomic mass is 19.1. The van der Waals surface area contributed by atoms with E-state index in [1.807, 2.05) is 24.3 Å². The lowest BCUT2D eigenvalue weighted by Crippen LogP contribution is -2.45. The average Bonchev–Trinajstić information content (AvgIpc) is 2.60. The number of rotatable bonds is 5. The first-order valence-corrected chi connectivity index (χ1v) is 8.95. The van der Waals surface area contributed by atoms with Crippen LogP contribution in [0.15, 0.2) is 48.5 Å². The minimum Gasteiger partial charge on any atom is -0.351 e. The molecular weight excluding hydrogens is 343 g/mol. The van der Waals surface area contributed by atoms with Gasteiger partial charge in [-0.1, -0.05) is 51.1 Å². The molecule has 0 saturated heterocycles. The van der Waals surface area contributed by atoms with Gasteiger partial charge < -0.3 is 10.6 Å². The summed E-state index contributed by atoms with van der Waals surface area (Å²) in [4.78, 5) is 25.4. The molecule has 0 saturated carbocycles. The number of benzene rings is 2. The van der Waals surface area contributed by atoms with Crippen LogP contribution in [0.25, 0.3) is 0 Å². The number of para-hydroxylation sites is 1. The van der Waals surface area contributed by atoms with Gasteiger partial charge in [0.25, 0.3) is 0 Å². The summed E-state index contributed by atoms with van der Waals surface area (Å²) in [6.07, 6.45) is 0. The number of anilines is 1. The van der Waals surface area contributed by atoms with Crippen molar-refractivity contribution >= 4 is 17.5 Å². The Bertz CT molecular complexity index is 821. The molecule has 0 aliphatic carbocycles. The van der Waals surface area contributed by atoms with Crippen molar-refractivity contribution in [3.63, 3.8) is 0 Å². The molecular formula is C22H27FN2O2. The number of hydrogen-bond acceptors (Lipinski definition) is 2. The van der Waals surface area contributed by atoms with E-state index in [0.717, 1.165) is 11.1 Å². The predicted octanol–water partition coefficient (Wildman–Crippen LogP) is 4.40. The van der Waals surface area contributed by atoms with Gasteiger partial charge >= 0.3 is 0 Å². The Kier molecular flexibility index (Phi) is 6.04. The Morgan fingerprint density at radius 3 is 2.07 bits per heavy atom. The second-order valence-electron chi connectivity index (χ2n) is 8.18. The third-order valence-corrected chi connectivity index (χ3v) is 4.48. The normalized spacial score (nSPS) is 11.8. The zero-order chi connectivity index (χ0) is 20.2. The molecule has 0 aliphatic heterocycles. The fraction of sp³-hybridized carbons (Fsp3) is 0.364. The topological polar surface area (TPSA) is 58.2 Å². The smallest absolute Gasteiger partial charge is 0.239 e. The highest BCUT2D eigenvalue weighted by Gasteiger charge is 2.36. The Balaban J connectivity index is 2.08. The molecule has 0 bridgehead atoms. The molecule has 0 unspecified atom stereocenters. The molecule has 2 aromatic carbocycles. The fourth-order valence-corrected chi connectivity index (χ4v) is 2.63. The van der Waals surface area contributed by atoms with Gasteiger partial charge in [-0.05, 0) is 48.6 Å². The van der Waals surface area contributed by atoms with Crippen molar-refractivity contribution in [2.45, 2.75) is 46.6 Å². The molecule has 144 valence electrons. The van der Waals surface area contributed by atoms with Gasteiger partial charge in [-0.2, -0.15) is 0 Å². The van der Waals surface area contributed by atoms with Gasteiger partial charge in [0, 0.05) is 12.2 Å². The molecule has 2 amide bonds. The SMILES string of the molecule is CC(C)(C(=O)NCc1ccc(F)cc1)C(=O)Nc1ccccc1C(C)(C)C. The number of nitrogens with one attached hydrogen (secondary N) is 2. The van der Waals surface area contributed by atoms with Crippen molar-refractivity contribution in [2.24, 2.45) is 5.41 Å². The Hall–Kier alpha value is -2.69. The molecule has 0 heterocycles. The molecule has 2 N–H and O–H groups in total. The lowest BCUT2D eigenvalue weighted by atomic mass is 9.85. The molecule has 27 heavy (non-hydrogen) atoms. The summed E-state index contributed by atoms with van der Waals surface area (Å²) in [6.45, 7) is 9.61. The molecule has 4 nitrogen and oxygen atoms in total. The number of amides is 2. The number of carbonyl (C=O) groups is 2. The Morgan fingerprint density at radius 1 is 0.889 bits per heavy atom. The van der Waals surface area contributed by atoms with Crippen molar-refractivity contribution in [1.82, 2.24) is 5.32 Å². The van der Waals surface area contributed by atoms with Crippen LogP contribution in [-0.2, 0) is 21.5 Å².